The summed E-state index contributed by atoms with van der Waals surface area (Å²) in [6.07, 6.45) is 3.42. The molecular weight excluding hydrogens is 224 g/mol. The summed E-state index contributed by atoms with van der Waals surface area (Å²) in [5.74, 6) is -0.208. The van der Waals surface area contributed by atoms with E-state index in [1.54, 1.807) is 0 Å². The van der Waals surface area contributed by atoms with E-state index in [1.165, 1.54) is 11.1 Å². The lowest BCUT2D eigenvalue weighted by Gasteiger charge is -2.17. The van der Waals surface area contributed by atoms with E-state index in [9.17, 15) is 4.79 Å². The van der Waals surface area contributed by atoms with Crippen molar-refractivity contribution in [1.29, 1.82) is 0 Å². The number of primary amides is 1. The van der Waals surface area contributed by atoms with E-state index in [2.05, 4.69) is 43.4 Å². The molecule has 0 saturated heterocycles. The zero-order chi connectivity index (χ0) is 13.4. The van der Waals surface area contributed by atoms with Crippen LogP contribution in [0.2, 0.25) is 0 Å². The standard InChI is InChI=1S/C15H24N2O/c1-3-14(13-9-7-12(2)8-10-13)17-11-5-4-6-15(16)18/h7-10,14,17H,3-6,11H2,1-2H3,(H2,16,18). The summed E-state index contributed by atoms with van der Waals surface area (Å²) in [6, 6.07) is 9.05. The van der Waals surface area contributed by atoms with Crippen LogP contribution in [0.25, 0.3) is 0 Å². The Morgan fingerprint density at radius 3 is 2.50 bits per heavy atom. The molecule has 18 heavy (non-hydrogen) atoms. The van der Waals surface area contributed by atoms with E-state index in [0.29, 0.717) is 12.5 Å². The van der Waals surface area contributed by atoms with Crippen LogP contribution in [0.5, 0.6) is 0 Å². The first-order valence-corrected chi connectivity index (χ1v) is 6.71. The van der Waals surface area contributed by atoms with Gasteiger partial charge in [-0.3, -0.25) is 4.79 Å². The van der Waals surface area contributed by atoms with Crippen molar-refractivity contribution < 1.29 is 4.79 Å². The molecule has 1 aromatic carbocycles. The van der Waals surface area contributed by atoms with E-state index in [4.69, 9.17) is 5.73 Å². The molecule has 0 bridgehead atoms. The summed E-state index contributed by atoms with van der Waals surface area (Å²) in [6.45, 7) is 5.21. The first kappa shape index (κ1) is 14.7. The largest absolute Gasteiger partial charge is 0.370 e. The van der Waals surface area contributed by atoms with Gasteiger partial charge in [-0.2, -0.15) is 0 Å². The molecule has 3 N–H and O–H groups in total. The Balaban J connectivity index is 2.33. The van der Waals surface area contributed by atoms with Gasteiger partial charge in [0.05, 0.1) is 0 Å². The molecule has 0 radical (unpaired) electrons. The summed E-state index contributed by atoms with van der Waals surface area (Å²) in [5.41, 5.74) is 7.73. The zero-order valence-electron chi connectivity index (χ0n) is 11.4. The van der Waals surface area contributed by atoms with Gasteiger partial charge in [0, 0.05) is 12.5 Å². The quantitative estimate of drug-likeness (QED) is 0.695. The Labute approximate surface area is 110 Å². The Morgan fingerprint density at radius 2 is 1.94 bits per heavy atom. The van der Waals surface area contributed by atoms with Crippen molar-refractivity contribution in [3.8, 4) is 0 Å². The number of nitrogens with two attached hydrogens (primary N) is 1. The molecule has 0 aliphatic carbocycles. The van der Waals surface area contributed by atoms with Crippen molar-refractivity contribution >= 4 is 5.91 Å². The number of nitrogens with one attached hydrogen (secondary N) is 1. The number of carbonyl (C=O) groups is 1. The van der Waals surface area contributed by atoms with Crippen LogP contribution in [-0.2, 0) is 4.79 Å². The SMILES string of the molecule is CCC(NCCCCC(N)=O)c1ccc(C)cc1. The molecule has 1 unspecified atom stereocenters. The van der Waals surface area contributed by atoms with E-state index >= 15 is 0 Å². The summed E-state index contributed by atoms with van der Waals surface area (Å²) in [5, 5.41) is 3.53. The van der Waals surface area contributed by atoms with Gasteiger partial charge in [0.15, 0.2) is 0 Å². The summed E-state index contributed by atoms with van der Waals surface area (Å²) < 4.78 is 0. The Hall–Kier alpha value is -1.35. The molecule has 0 saturated carbocycles. The van der Waals surface area contributed by atoms with Crippen molar-refractivity contribution in [2.24, 2.45) is 5.73 Å². The average Bonchev–Trinajstić information content (AvgIpc) is 2.35. The lowest BCUT2D eigenvalue weighted by atomic mass is 10.0. The molecule has 0 aliphatic heterocycles. The van der Waals surface area contributed by atoms with Crippen LogP contribution in [0.15, 0.2) is 24.3 Å². The molecule has 0 heterocycles. The molecule has 100 valence electrons. The van der Waals surface area contributed by atoms with Crippen LogP contribution in [0, 0.1) is 6.92 Å². The minimum atomic E-state index is -0.208. The van der Waals surface area contributed by atoms with Gasteiger partial charge in [0.2, 0.25) is 5.91 Å². The third-order valence-electron chi connectivity index (χ3n) is 3.13. The second-order valence-corrected chi connectivity index (χ2v) is 4.75. The number of amides is 1. The van der Waals surface area contributed by atoms with E-state index in [-0.39, 0.29) is 5.91 Å². The lowest BCUT2D eigenvalue weighted by Crippen LogP contribution is -2.22. The number of benzene rings is 1. The monoisotopic (exact) mass is 248 g/mol. The van der Waals surface area contributed by atoms with Gasteiger partial charge in [0.25, 0.3) is 0 Å². The number of unbranched alkanes of at least 4 members (excludes halogenated alkanes) is 1. The van der Waals surface area contributed by atoms with Gasteiger partial charge in [-0.15, -0.1) is 0 Å². The summed E-state index contributed by atoms with van der Waals surface area (Å²) in [7, 11) is 0. The molecule has 0 fully saturated rings. The van der Waals surface area contributed by atoms with Gasteiger partial charge in [0.1, 0.15) is 0 Å². The molecule has 0 aromatic heterocycles. The number of hydrogen-bond donors (Lipinski definition) is 2. The molecule has 1 amide bonds. The van der Waals surface area contributed by atoms with Crippen molar-refractivity contribution in [3.63, 3.8) is 0 Å². The van der Waals surface area contributed by atoms with Gasteiger partial charge in [-0.25, -0.2) is 0 Å². The smallest absolute Gasteiger partial charge is 0.217 e. The highest BCUT2D eigenvalue weighted by Gasteiger charge is 2.07. The van der Waals surface area contributed by atoms with Crippen LogP contribution in [0.1, 0.15) is 49.8 Å². The first-order chi connectivity index (χ1) is 8.63. The number of hydrogen-bond acceptors (Lipinski definition) is 2. The highest BCUT2D eigenvalue weighted by molar-refractivity contribution is 5.73. The van der Waals surface area contributed by atoms with Crippen LogP contribution >= 0.6 is 0 Å². The van der Waals surface area contributed by atoms with E-state index < -0.39 is 0 Å². The first-order valence-electron chi connectivity index (χ1n) is 6.71. The fraction of sp³-hybridized carbons (Fsp3) is 0.533. The predicted molar refractivity (Wildman–Crippen MR) is 75.3 cm³/mol. The van der Waals surface area contributed by atoms with Crippen molar-refractivity contribution in [2.45, 2.75) is 45.6 Å². The van der Waals surface area contributed by atoms with E-state index in [0.717, 1.165) is 25.8 Å². The lowest BCUT2D eigenvalue weighted by molar-refractivity contribution is -0.118. The topological polar surface area (TPSA) is 55.1 Å². The number of rotatable bonds is 8. The fourth-order valence-corrected chi connectivity index (χ4v) is 2.00. The second-order valence-electron chi connectivity index (χ2n) is 4.75. The zero-order valence-corrected chi connectivity index (χ0v) is 11.4. The molecule has 0 spiro atoms. The third-order valence-corrected chi connectivity index (χ3v) is 3.13. The van der Waals surface area contributed by atoms with Crippen molar-refractivity contribution in [3.05, 3.63) is 35.4 Å². The minimum Gasteiger partial charge on any atom is -0.370 e. The highest BCUT2D eigenvalue weighted by atomic mass is 16.1. The highest BCUT2D eigenvalue weighted by Crippen LogP contribution is 2.17. The van der Waals surface area contributed by atoms with Crippen molar-refractivity contribution in [2.75, 3.05) is 6.54 Å². The van der Waals surface area contributed by atoms with Crippen molar-refractivity contribution in [1.82, 2.24) is 5.32 Å². The Kier molecular flexibility index (Phi) is 6.44. The normalized spacial score (nSPS) is 12.3. The van der Waals surface area contributed by atoms with Crippen LogP contribution in [-0.4, -0.2) is 12.5 Å². The maximum Gasteiger partial charge on any atom is 0.217 e. The second kappa shape index (κ2) is 7.88. The summed E-state index contributed by atoms with van der Waals surface area (Å²) in [4.78, 5) is 10.6. The Morgan fingerprint density at radius 1 is 1.28 bits per heavy atom. The van der Waals surface area contributed by atoms with Crippen LogP contribution < -0.4 is 11.1 Å². The molecule has 1 rings (SSSR count). The molecule has 3 nitrogen and oxygen atoms in total. The maximum atomic E-state index is 10.6. The third kappa shape index (κ3) is 5.32. The van der Waals surface area contributed by atoms with Gasteiger partial charge < -0.3 is 11.1 Å². The van der Waals surface area contributed by atoms with Gasteiger partial charge in [-0.1, -0.05) is 36.8 Å². The Bertz CT molecular complexity index is 359. The number of carbonyl (C=O) groups excluding carboxylic acids is 1. The maximum absolute atomic E-state index is 10.6. The number of aryl methyl sites for hydroxylation is 1. The summed E-state index contributed by atoms with van der Waals surface area (Å²) >= 11 is 0. The van der Waals surface area contributed by atoms with Gasteiger partial charge in [-0.05, 0) is 38.3 Å². The molecular formula is C15H24N2O. The molecule has 1 aromatic rings. The van der Waals surface area contributed by atoms with Gasteiger partial charge >= 0.3 is 0 Å². The minimum absolute atomic E-state index is 0.208. The molecule has 1 atom stereocenters. The average molecular weight is 248 g/mol. The molecule has 3 heteroatoms. The molecule has 0 aliphatic rings. The van der Waals surface area contributed by atoms with Crippen LogP contribution in [0.4, 0.5) is 0 Å². The van der Waals surface area contributed by atoms with Crippen LogP contribution in [0.3, 0.4) is 0 Å². The predicted octanol–water partition coefficient (Wildman–Crippen LogP) is 2.69. The fourth-order valence-electron chi connectivity index (χ4n) is 2.00. The van der Waals surface area contributed by atoms with E-state index in [1.807, 2.05) is 0 Å².